The number of alkyl carbamates (subject to hydrolysis) is 1. The van der Waals surface area contributed by atoms with Crippen LogP contribution in [0.2, 0.25) is 5.04 Å². The first-order chi connectivity index (χ1) is 38.5. The van der Waals surface area contributed by atoms with Gasteiger partial charge in [0.2, 0.25) is 0 Å². The molecule has 3 aliphatic rings. The van der Waals surface area contributed by atoms with Crippen molar-refractivity contribution in [3.63, 3.8) is 0 Å². The minimum atomic E-state index is -3.44. The van der Waals surface area contributed by atoms with Crippen molar-refractivity contribution in [1.82, 2.24) is 10.2 Å². The lowest BCUT2D eigenvalue weighted by atomic mass is 9.94. The fraction of sp³-hybridized carbons (Fsp3) is 0.400. The summed E-state index contributed by atoms with van der Waals surface area (Å²) >= 11 is 0. The number of aliphatic hydroxyl groups excluding tert-OH is 1. The SMILES string of the molecule is CC(=O)O[C@H]1[C@@H](OC(C)=O)[C@@H](COCc2ccccc2)O[C@@H](O[C@H]2[C@H](O)[C@@H](N3C(=O)c4ccccc4C3=O)[C@H](OCCCNC(=O)OCc3ccccc3)O[C@@H]2CO[Si](c2ccccc2)(c2ccccc2)C(C)(C)C)[C@@H]1OC(C)=O. The van der Waals surface area contributed by atoms with Crippen molar-refractivity contribution in [1.29, 1.82) is 0 Å². The van der Waals surface area contributed by atoms with Crippen molar-refractivity contribution in [2.75, 3.05) is 26.4 Å². The van der Waals surface area contributed by atoms with Crippen molar-refractivity contribution in [2.24, 2.45) is 0 Å². The van der Waals surface area contributed by atoms with Crippen molar-refractivity contribution < 1.29 is 80.9 Å². The molecule has 0 radical (unpaired) electrons. The normalized spacial score (nSPS) is 23.9. The van der Waals surface area contributed by atoms with E-state index >= 15 is 0 Å². The summed E-state index contributed by atoms with van der Waals surface area (Å²) in [5.41, 5.74) is 1.74. The van der Waals surface area contributed by atoms with E-state index in [9.17, 15) is 33.9 Å². The number of aliphatic hydroxyl groups is 1. The van der Waals surface area contributed by atoms with E-state index in [2.05, 4.69) is 26.1 Å². The molecule has 0 spiro atoms. The van der Waals surface area contributed by atoms with Gasteiger partial charge in [-0.05, 0) is 45.1 Å². The van der Waals surface area contributed by atoms with Gasteiger partial charge in [-0.2, -0.15) is 0 Å². The van der Waals surface area contributed by atoms with Gasteiger partial charge in [-0.15, -0.1) is 0 Å². The van der Waals surface area contributed by atoms with Crippen LogP contribution in [0.5, 0.6) is 0 Å². The zero-order valence-corrected chi connectivity index (χ0v) is 46.5. The molecule has 20 heteroatoms. The summed E-state index contributed by atoms with van der Waals surface area (Å²) in [7, 11) is -3.44. The number of ether oxygens (including phenoxy) is 9. The van der Waals surface area contributed by atoms with Gasteiger partial charge in [0.1, 0.15) is 37.1 Å². The summed E-state index contributed by atoms with van der Waals surface area (Å²) < 4.78 is 63.3. The number of hydrogen-bond acceptors (Lipinski definition) is 17. The Balaban J connectivity index is 1.18. The minimum absolute atomic E-state index is 0.0485. The Morgan fingerprint density at radius 1 is 0.600 bits per heavy atom. The molecule has 2 fully saturated rings. The number of nitrogens with one attached hydrogen (secondary N) is 1. The fourth-order valence-electron chi connectivity index (χ4n) is 10.4. The quantitative estimate of drug-likeness (QED) is 0.0276. The Hall–Kier alpha value is -7.14. The summed E-state index contributed by atoms with van der Waals surface area (Å²) in [5.74, 6) is -3.99. The summed E-state index contributed by atoms with van der Waals surface area (Å²) in [6.45, 7) is 9.09. The van der Waals surface area contributed by atoms with Crippen LogP contribution in [0.15, 0.2) is 146 Å². The maximum absolute atomic E-state index is 14.5. The summed E-state index contributed by atoms with van der Waals surface area (Å²) in [5, 5.41) is 17.2. The molecular formula is C60H68N2O17Si. The number of amides is 3. The Morgan fingerprint density at radius 3 is 1.61 bits per heavy atom. The van der Waals surface area contributed by atoms with Crippen LogP contribution in [0, 0.1) is 0 Å². The van der Waals surface area contributed by atoms with Gasteiger partial charge in [-0.25, -0.2) is 4.79 Å². The largest absolute Gasteiger partial charge is 0.456 e. The molecule has 2 saturated heterocycles. The van der Waals surface area contributed by atoms with E-state index in [-0.39, 0.29) is 57.1 Å². The molecule has 5 aromatic rings. The zero-order valence-electron chi connectivity index (χ0n) is 45.5. The van der Waals surface area contributed by atoms with Crippen LogP contribution >= 0.6 is 0 Å². The maximum Gasteiger partial charge on any atom is 0.407 e. The Labute approximate surface area is 465 Å². The molecule has 0 aromatic heterocycles. The third-order valence-corrected chi connectivity index (χ3v) is 18.9. The second-order valence-corrected chi connectivity index (χ2v) is 24.9. The van der Waals surface area contributed by atoms with Gasteiger partial charge < -0.3 is 57.5 Å². The van der Waals surface area contributed by atoms with Crippen LogP contribution in [-0.4, -0.2) is 142 Å². The van der Waals surface area contributed by atoms with Gasteiger partial charge in [-0.3, -0.25) is 28.9 Å². The molecular weight excluding hydrogens is 1050 g/mol. The van der Waals surface area contributed by atoms with Gasteiger partial charge in [0.15, 0.2) is 30.9 Å². The number of carbonyl (C=O) groups excluding carboxylic acids is 6. The van der Waals surface area contributed by atoms with Gasteiger partial charge in [-0.1, -0.05) is 154 Å². The Kier molecular flexibility index (Phi) is 19.8. The smallest absolute Gasteiger partial charge is 0.407 e. The van der Waals surface area contributed by atoms with Gasteiger partial charge in [0.05, 0.1) is 37.6 Å². The average molecular weight is 1120 g/mol. The van der Waals surface area contributed by atoms with Crippen molar-refractivity contribution in [2.45, 2.75) is 128 Å². The molecule has 3 aliphatic heterocycles. The number of carbonyl (C=O) groups is 6. The topological polar surface area (TPSA) is 230 Å². The molecule has 10 atom stereocenters. The summed E-state index contributed by atoms with van der Waals surface area (Å²) in [6.07, 6.45) is -14.7. The molecule has 80 heavy (non-hydrogen) atoms. The highest BCUT2D eigenvalue weighted by Gasteiger charge is 2.59. The van der Waals surface area contributed by atoms with E-state index < -0.39 is 111 Å². The van der Waals surface area contributed by atoms with E-state index in [4.69, 9.17) is 47.1 Å². The van der Waals surface area contributed by atoms with Crippen LogP contribution in [0.25, 0.3) is 0 Å². The average Bonchev–Trinajstić information content (AvgIpc) is 3.89. The van der Waals surface area contributed by atoms with E-state index in [1.54, 1.807) is 12.1 Å². The summed E-state index contributed by atoms with van der Waals surface area (Å²) in [6, 6.07) is 42.5. The number of hydrogen-bond donors (Lipinski definition) is 2. The first-order valence-corrected chi connectivity index (χ1v) is 28.4. The van der Waals surface area contributed by atoms with Crippen molar-refractivity contribution in [3.05, 3.63) is 168 Å². The molecule has 0 aliphatic carbocycles. The fourth-order valence-corrected chi connectivity index (χ4v) is 15.0. The second kappa shape index (κ2) is 26.9. The highest BCUT2D eigenvalue weighted by Crippen LogP contribution is 2.40. The number of esters is 3. The third-order valence-electron chi connectivity index (χ3n) is 13.9. The maximum atomic E-state index is 14.5. The highest BCUT2D eigenvalue weighted by atomic mass is 28.4. The van der Waals surface area contributed by atoms with E-state index in [1.807, 2.05) is 121 Å². The van der Waals surface area contributed by atoms with Gasteiger partial charge in [0.25, 0.3) is 20.1 Å². The number of benzene rings is 5. The molecule has 424 valence electrons. The zero-order chi connectivity index (χ0) is 57.0. The number of fused-ring (bicyclic) bond motifs is 1. The van der Waals surface area contributed by atoms with Crippen LogP contribution in [-0.2, 0) is 74.7 Å². The van der Waals surface area contributed by atoms with Gasteiger partial charge in [0, 0.05) is 27.3 Å². The number of rotatable bonds is 22. The van der Waals surface area contributed by atoms with E-state index in [0.29, 0.717) is 0 Å². The summed E-state index contributed by atoms with van der Waals surface area (Å²) in [4.78, 5) is 81.6. The van der Waals surface area contributed by atoms with Crippen LogP contribution in [0.3, 0.4) is 0 Å². The second-order valence-electron chi connectivity index (χ2n) is 20.6. The number of imide groups is 1. The predicted octanol–water partition coefficient (Wildman–Crippen LogP) is 5.77. The molecule has 8 rings (SSSR count). The lowest BCUT2D eigenvalue weighted by Gasteiger charge is -2.50. The number of nitrogens with zero attached hydrogens (tertiary/aromatic N) is 1. The Morgan fingerprint density at radius 2 is 1.07 bits per heavy atom. The van der Waals surface area contributed by atoms with Crippen LogP contribution in [0.1, 0.15) is 79.8 Å². The van der Waals surface area contributed by atoms with Crippen molar-refractivity contribution >= 4 is 54.5 Å². The molecule has 2 N–H and O–H groups in total. The minimum Gasteiger partial charge on any atom is -0.456 e. The van der Waals surface area contributed by atoms with E-state index in [1.165, 1.54) is 12.1 Å². The third kappa shape index (κ3) is 13.9. The van der Waals surface area contributed by atoms with E-state index in [0.717, 1.165) is 47.2 Å². The molecule has 5 aromatic carbocycles. The molecule has 3 amide bonds. The van der Waals surface area contributed by atoms with Crippen molar-refractivity contribution in [3.8, 4) is 0 Å². The predicted molar refractivity (Wildman–Crippen MR) is 290 cm³/mol. The van der Waals surface area contributed by atoms with Gasteiger partial charge >= 0.3 is 24.0 Å². The first kappa shape index (κ1) is 59.0. The lowest BCUT2D eigenvalue weighted by Crippen LogP contribution is -2.71. The first-order valence-electron chi connectivity index (χ1n) is 26.5. The van der Waals surface area contributed by atoms with Crippen LogP contribution in [0.4, 0.5) is 4.79 Å². The molecule has 0 saturated carbocycles. The molecule has 0 bridgehead atoms. The standard InChI is InChI=1S/C60H68N2O17Si/c1-38(63)74-52-47(36-70-34-41-22-11-7-12-23-41)78-58(54(76-40(3)65)53(52)75-39(2)64)79-51-48(37-73-80(60(4,5)6,43-26-15-9-16-27-43)44-28-17-10-18-29-44)77-57(71-33-21-32-61-59(69)72-35-42-24-13-8-14-25-42)49(50(51)66)62-55(67)45-30-19-20-31-46(45)56(62)68/h7-20,22-31,47-54,57-58,66H,21,32-37H2,1-6H3,(H,61,69)/t47-,48-,49-,50-,51-,52+,53+,54-,57-,58+/m1/s1. The molecule has 19 nitrogen and oxygen atoms in total. The molecule has 0 unspecified atom stereocenters. The molecule has 3 heterocycles. The Bertz CT molecular complexity index is 2820. The lowest BCUT2D eigenvalue weighted by molar-refractivity contribution is -0.353. The van der Waals surface area contributed by atoms with Crippen LogP contribution < -0.4 is 15.7 Å². The monoisotopic (exact) mass is 1120 g/mol. The highest BCUT2D eigenvalue weighted by molar-refractivity contribution is 6.99.